The maximum Gasteiger partial charge on any atom is 0.159 e. The van der Waals surface area contributed by atoms with Crippen LogP contribution in [0.4, 0.5) is 4.39 Å². The lowest BCUT2D eigenvalue weighted by molar-refractivity contribution is 0.334. The van der Waals surface area contributed by atoms with Crippen LogP contribution in [0, 0.1) is 12.7 Å². The van der Waals surface area contributed by atoms with E-state index in [1.54, 1.807) is 30.6 Å². The van der Waals surface area contributed by atoms with Gasteiger partial charge in [0.1, 0.15) is 17.8 Å². The third kappa shape index (κ3) is 5.35. The Morgan fingerprint density at radius 1 is 1.07 bits per heavy atom. The van der Waals surface area contributed by atoms with Gasteiger partial charge in [0, 0.05) is 34.6 Å². The molecule has 2 aromatic carbocycles. The van der Waals surface area contributed by atoms with Crippen molar-refractivity contribution < 1.29 is 4.39 Å². The molecule has 0 unspecified atom stereocenters. The molecule has 0 atom stereocenters. The topological polar surface area (TPSA) is 86.4 Å². The van der Waals surface area contributed by atoms with Crippen molar-refractivity contribution in [3.8, 4) is 22.6 Å². The number of hydrogen-bond acceptors (Lipinski definition) is 5. The van der Waals surface area contributed by atoms with Crippen molar-refractivity contribution in [1.29, 1.82) is 0 Å². The van der Waals surface area contributed by atoms with Gasteiger partial charge in [0.25, 0.3) is 0 Å². The number of allylic oxidation sites excluding steroid dienone is 2. The number of aromatic nitrogens is 6. The lowest BCUT2D eigenvalue weighted by Crippen LogP contribution is -2.20. The van der Waals surface area contributed by atoms with E-state index in [-0.39, 0.29) is 5.82 Å². The van der Waals surface area contributed by atoms with Crippen LogP contribution < -0.4 is 0 Å². The van der Waals surface area contributed by atoms with Crippen molar-refractivity contribution in [2.45, 2.75) is 32.6 Å². The molecular weight excluding hydrogens is 501 g/mol. The predicted molar refractivity (Wildman–Crippen MR) is 157 cm³/mol. The van der Waals surface area contributed by atoms with Gasteiger partial charge in [-0.25, -0.2) is 19.3 Å². The highest BCUT2D eigenvalue weighted by molar-refractivity contribution is 5.94. The number of rotatable bonds is 9. The van der Waals surface area contributed by atoms with Gasteiger partial charge in [0.15, 0.2) is 5.82 Å². The van der Waals surface area contributed by atoms with E-state index in [1.165, 1.54) is 32.3 Å². The number of imidazole rings is 1. The molecule has 4 heterocycles. The van der Waals surface area contributed by atoms with Crippen LogP contribution in [0.3, 0.4) is 0 Å². The highest BCUT2D eigenvalue weighted by atomic mass is 19.1. The van der Waals surface area contributed by atoms with Crippen molar-refractivity contribution in [3.05, 3.63) is 102 Å². The molecule has 5 aromatic rings. The molecule has 3 aromatic heterocycles. The number of likely N-dealkylation sites (tertiary alicyclic amines) is 1. The summed E-state index contributed by atoms with van der Waals surface area (Å²) in [6.07, 6.45) is 13.1. The van der Waals surface area contributed by atoms with E-state index in [0.29, 0.717) is 11.5 Å². The van der Waals surface area contributed by atoms with Crippen LogP contribution in [-0.2, 0) is 6.42 Å². The van der Waals surface area contributed by atoms with Gasteiger partial charge in [-0.3, -0.25) is 5.10 Å². The molecule has 0 bridgehead atoms. The first-order valence-electron chi connectivity index (χ1n) is 13.7. The average molecular weight is 534 g/mol. The summed E-state index contributed by atoms with van der Waals surface area (Å²) >= 11 is 0. The summed E-state index contributed by atoms with van der Waals surface area (Å²) in [5, 5.41) is 8.62. The summed E-state index contributed by atoms with van der Waals surface area (Å²) in [6, 6.07) is 11.4. The van der Waals surface area contributed by atoms with E-state index in [4.69, 9.17) is 4.98 Å². The molecule has 1 saturated heterocycles. The Labute approximate surface area is 232 Å². The first-order valence-corrected chi connectivity index (χ1v) is 13.7. The molecule has 0 amide bonds. The molecule has 1 fully saturated rings. The number of nitrogens with one attached hydrogen (secondary N) is 2. The van der Waals surface area contributed by atoms with Crippen molar-refractivity contribution in [2.24, 2.45) is 0 Å². The molecule has 0 saturated carbocycles. The second kappa shape index (κ2) is 11.4. The molecule has 0 aliphatic carbocycles. The molecule has 202 valence electrons. The second-order valence-corrected chi connectivity index (χ2v) is 10.3. The van der Waals surface area contributed by atoms with Gasteiger partial charge >= 0.3 is 0 Å². The molecule has 0 spiro atoms. The zero-order chi connectivity index (χ0) is 27.5. The van der Waals surface area contributed by atoms with Crippen LogP contribution in [0.2, 0.25) is 0 Å². The van der Waals surface area contributed by atoms with E-state index in [2.05, 4.69) is 48.8 Å². The Hall–Kier alpha value is -4.43. The maximum atomic E-state index is 14.8. The molecule has 40 heavy (non-hydrogen) atoms. The Balaban J connectivity index is 1.32. The van der Waals surface area contributed by atoms with Crippen LogP contribution in [-0.4, -0.2) is 54.7 Å². The molecular formula is C32H32FN7. The lowest BCUT2D eigenvalue weighted by atomic mass is 9.97. The highest BCUT2D eigenvalue weighted by Gasteiger charge is 2.19. The van der Waals surface area contributed by atoms with Gasteiger partial charge in [-0.2, -0.15) is 5.10 Å². The Morgan fingerprint density at radius 2 is 1.90 bits per heavy atom. The lowest BCUT2D eigenvalue weighted by Gasteiger charge is -2.14. The average Bonchev–Trinajstić information content (AvgIpc) is 3.72. The number of hydrogen-bond donors (Lipinski definition) is 2. The molecule has 1 aliphatic heterocycles. The zero-order valence-corrected chi connectivity index (χ0v) is 22.6. The van der Waals surface area contributed by atoms with Gasteiger partial charge in [-0.15, -0.1) is 0 Å². The number of aryl methyl sites for hydroxylation is 2. The Bertz CT molecular complexity index is 1680. The third-order valence-electron chi connectivity index (χ3n) is 7.51. The summed E-state index contributed by atoms with van der Waals surface area (Å²) < 4.78 is 14.8. The van der Waals surface area contributed by atoms with Crippen LogP contribution in [0.15, 0.2) is 73.9 Å². The van der Waals surface area contributed by atoms with E-state index in [0.717, 1.165) is 69.5 Å². The first-order chi connectivity index (χ1) is 19.6. The summed E-state index contributed by atoms with van der Waals surface area (Å²) in [4.78, 5) is 19.1. The largest absolute Gasteiger partial charge is 0.340 e. The predicted octanol–water partition coefficient (Wildman–Crippen LogP) is 6.50. The summed E-state index contributed by atoms with van der Waals surface area (Å²) in [5.74, 6) is 0.394. The number of aromatic amines is 2. The second-order valence-electron chi connectivity index (χ2n) is 10.3. The molecule has 2 N–H and O–H groups in total. The van der Waals surface area contributed by atoms with Gasteiger partial charge in [-0.05, 0) is 93.2 Å². The van der Waals surface area contributed by atoms with Crippen molar-refractivity contribution in [1.82, 2.24) is 35.0 Å². The number of halogens is 1. The van der Waals surface area contributed by atoms with Crippen molar-refractivity contribution in [2.75, 3.05) is 19.6 Å². The minimum Gasteiger partial charge on any atom is -0.340 e. The van der Waals surface area contributed by atoms with E-state index < -0.39 is 0 Å². The number of benzene rings is 2. The molecule has 1 aliphatic rings. The monoisotopic (exact) mass is 533 g/mol. The first kappa shape index (κ1) is 25.8. The normalized spacial score (nSPS) is 14.3. The van der Waals surface area contributed by atoms with Crippen molar-refractivity contribution in [3.63, 3.8) is 0 Å². The SMILES string of the molecule is C=C/C=C(/c1cc(F)cc(CCCN2CCCC2)c1)c1nc(-c2n[nH]c3ccc(-c4cncnc4)cc23)[nH]c1C. The Kier molecular flexibility index (Phi) is 7.33. The smallest absolute Gasteiger partial charge is 0.159 e. The fourth-order valence-electron chi connectivity index (χ4n) is 5.55. The zero-order valence-electron chi connectivity index (χ0n) is 22.6. The van der Waals surface area contributed by atoms with E-state index in [1.807, 2.05) is 25.1 Å². The fourth-order valence-corrected chi connectivity index (χ4v) is 5.55. The summed E-state index contributed by atoms with van der Waals surface area (Å²) in [5.41, 5.74) is 7.73. The van der Waals surface area contributed by atoms with Gasteiger partial charge < -0.3 is 9.88 Å². The van der Waals surface area contributed by atoms with Crippen LogP contribution in [0.1, 0.15) is 41.8 Å². The number of nitrogens with zero attached hydrogens (tertiary/aromatic N) is 5. The fraction of sp³-hybridized carbons (Fsp3) is 0.250. The van der Waals surface area contributed by atoms with E-state index in [9.17, 15) is 4.39 Å². The number of H-pyrrole nitrogens is 2. The molecule has 0 radical (unpaired) electrons. The minimum atomic E-state index is -0.243. The highest BCUT2D eigenvalue weighted by Crippen LogP contribution is 2.32. The van der Waals surface area contributed by atoms with Gasteiger partial charge in [-0.1, -0.05) is 30.9 Å². The van der Waals surface area contributed by atoms with Gasteiger partial charge in [0.2, 0.25) is 0 Å². The third-order valence-corrected chi connectivity index (χ3v) is 7.51. The Morgan fingerprint density at radius 3 is 2.70 bits per heavy atom. The molecule has 8 heteroatoms. The van der Waals surface area contributed by atoms with Crippen LogP contribution in [0.25, 0.3) is 39.1 Å². The number of fused-ring (bicyclic) bond motifs is 1. The summed E-state index contributed by atoms with van der Waals surface area (Å²) in [7, 11) is 0. The van der Waals surface area contributed by atoms with Crippen molar-refractivity contribution >= 4 is 16.5 Å². The maximum absolute atomic E-state index is 14.8. The van der Waals surface area contributed by atoms with Gasteiger partial charge in [0.05, 0.1) is 11.2 Å². The van der Waals surface area contributed by atoms with Crippen LogP contribution in [0.5, 0.6) is 0 Å². The molecule has 7 nitrogen and oxygen atoms in total. The van der Waals surface area contributed by atoms with E-state index >= 15 is 0 Å². The molecule has 6 rings (SSSR count). The minimum absolute atomic E-state index is 0.243. The summed E-state index contributed by atoms with van der Waals surface area (Å²) in [6.45, 7) is 9.29. The standard InChI is InChI=1S/C32H32FN7/c1-3-7-27(24-14-22(15-26(33)16-24)8-6-13-40-11-4-5-12-40)30-21(2)36-32(37-30)31-28-17-23(9-10-29(28)38-39-31)25-18-34-20-35-19-25/h3,7,9-10,14-20H,1,4-6,8,11-13H2,2H3,(H,36,37)(H,38,39)/b27-7-. The quantitative estimate of drug-likeness (QED) is 0.211. The van der Waals surface area contributed by atoms with Crippen LogP contribution >= 0.6 is 0 Å².